The maximum absolute atomic E-state index is 6.29. The molecule has 0 aliphatic rings. The molecule has 675 valence electrons. The van der Waals surface area contributed by atoms with Gasteiger partial charge in [-0.25, -0.2) is 0 Å². The Morgan fingerprint density at radius 1 is 0.286 bits per heavy atom. The van der Waals surface area contributed by atoms with Gasteiger partial charge in [-0.1, -0.05) is 260 Å². The van der Waals surface area contributed by atoms with E-state index >= 15 is 0 Å². The summed E-state index contributed by atoms with van der Waals surface area (Å²) in [6, 6.07) is 74.4. The molecule has 5 aromatic heterocycles. The van der Waals surface area contributed by atoms with Crippen molar-refractivity contribution in [2.24, 2.45) is 0 Å². The van der Waals surface area contributed by atoms with Gasteiger partial charge in [-0.15, -0.1) is 60.7 Å². The summed E-state index contributed by atoms with van der Waals surface area (Å²) < 4.78 is 60.1. The van der Waals surface area contributed by atoms with Crippen molar-refractivity contribution in [2.75, 3.05) is 26.4 Å². The molecule has 5 heterocycles. The Morgan fingerprint density at radius 3 is 0.984 bits per heavy atom. The van der Waals surface area contributed by atoms with Crippen LogP contribution in [0.2, 0.25) is 0 Å². The Morgan fingerprint density at radius 2 is 0.595 bits per heavy atom. The predicted octanol–water partition coefficient (Wildman–Crippen LogP) is 28.1. The number of nitrogens with zero attached hydrogens (tertiary/aromatic N) is 5. The third-order valence-corrected chi connectivity index (χ3v) is 18.6. The summed E-state index contributed by atoms with van der Waals surface area (Å²) >= 11 is 0. The summed E-state index contributed by atoms with van der Waals surface area (Å²) in [6.07, 6.45) is 24.2. The van der Waals surface area contributed by atoms with Crippen molar-refractivity contribution in [1.29, 1.82) is 0 Å². The number of aromatic nitrogens is 5. The van der Waals surface area contributed by atoms with E-state index in [1.165, 1.54) is 64.2 Å². The molecule has 0 spiro atoms. The van der Waals surface area contributed by atoms with E-state index in [1.807, 2.05) is 299 Å². The quantitative estimate of drug-likeness (QED) is 0.0273. The first-order chi connectivity index (χ1) is 58.4. The molecule has 0 saturated heterocycles. The van der Waals surface area contributed by atoms with Gasteiger partial charge in [0.15, 0.2) is 0 Å². The Balaban J connectivity index is 0.000000406. The molecule has 0 amide bonds. The second kappa shape index (κ2) is 59.6. The fraction of sp³-hybridized carbons (Fsp3) is 0.368. The fourth-order valence-electron chi connectivity index (χ4n) is 12.7. The van der Waals surface area contributed by atoms with Crippen molar-refractivity contribution >= 4 is 0 Å². The zero-order valence-corrected chi connectivity index (χ0v) is 89.5. The van der Waals surface area contributed by atoms with Crippen LogP contribution in [-0.4, -0.2) is 74.8 Å². The summed E-state index contributed by atoms with van der Waals surface area (Å²) in [6.45, 7) is 41.5. The molecule has 126 heavy (non-hydrogen) atoms. The van der Waals surface area contributed by atoms with Gasteiger partial charge in [-0.2, -0.15) is 0 Å². The molecule has 0 fully saturated rings. The number of unbranched alkanes of at least 4 members (excludes halogenated alkanes) is 10. The van der Waals surface area contributed by atoms with Gasteiger partial charge in [0.2, 0.25) is 0 Å². The van der Waals surface area contributed by atoms with Crippen molar-refractivity contribution in [3.05, 3.63) is 271 Å². The molecule has 0 unspecified atom stereocenters. The Labute approximate surface area is 818 Å². The predicted molar refractivity (Wildman–Crippen MR) is 492 cm³/mol. The topological polar surface area (TPSA) is 157 Å². The summed E-state index contributed by atoms with van der Waals surface area (Å²) in [4.78, 5) is 22.2. The third kappa shape index (κ3) is 36.9. The minimum Gasteiger partial charge on any atom is -0.537 e. The van der Waals surface area contributed by atoms with Gasteiger partial charge in [0, 0.05) is 77.0 Å². The maximum atomic E-state index is 6.29. The van der Waals surface area contributed by atoms with Crippen LogP contribution < -0.4 is 47.4 Å². The number of hydrogen-bond acceptors (Lipinski definition) is 15. The first-order valence-electron chi connectivity index (χ1n) is 42.9. The second-order valence-electron chi connectivity index (χ2n) is 31.7. The standard InChI is InChI=1S/C28H42NO2.C24H18NO2.C20H26NO2.C18H22NO2.C16H18NO2.5Os/c1-4-6-8-10-12-16-22-30-27-20-19-25(26-18-14-15-21-29-26)28(24(27)3)31-23-17-13-11-9-7-5-2;1-18-23(26-19-10-4-2-5-11-19)16-15-21(22-14-8-9-17-25-22)24(18)27-20-12-6-3-7-13-20;1-14-17(22-19(2,3)4)12-11-15(16-10-8-9-13-21-16)18(14)23-20(5,6)7;1-12(2)20-17-10-9-15(16-8-6-7-11-19-16)18(14(17)5)21-13(3)4;1-4-18-15-10-9-13(14-8-6-7-11-17-14)16(12(15)3)19-5-2;;;;;/h14-15,18,20-21H,4-13,16-17,22-23H2,1-3H3;2-14,16-17H,1H3;8-10,12-13H,1-7H3;6-8,10-13H,1-5H3;6-8,10-11H,4-5H2,1-3H3;;;;;/q5*-1;5*+1. The van der Waals surface area contributed by atoms with Gasteiger partial charge in [-0.05, 0) is 185 Å². The Bertz CT molecular complexity index is 5000. The number of pyridine rings is 5. The van der Waals surface area contributed by atoms with Crippen LogP contribution in [-0.2, 0) is 99.0 Å². The van der Waals surface area contributed by atoms with E-state index in [4.69, 9.17) is 47.4 Å². The van der Waals surface area contributed by atoms with Crippen LogP contribution in [0.3, 0.4) is 0 Å². The second-order valence-corrected chi connectivity index (χ2v) is 31.7. The molecule has 7 aromatic carbocycles. The molecule has 0 bridgehead atoms. The molecule has 0 N–H and O–H groups in total. The molecule has 20 heteroatoms. The molecule has 12 aromatic rings. The van der Waals surface area contributed by atoms with Gasteiger partial charge in [0.05, 0.1) is 61.3 Å². The number of ether oxygens (including phenoxy) is 10. The molecule has 12 rings (SSSR count). The SMILES string of the molecule is CCCCCCCCOc1c[c-]c(-c2ccccn2)c(OCCCCCCCC)c1C.CCOc1c[c-]c(-c2ccccn2)c(OCC)c1C.Cc1c(OC(C)(C)C)c[c-]c(-c2ccccn2)c1OC(C)(C)C.Cc1c(OC(C)C)c[c-]c(-c2ccccn2)c1OC(C)C.Cc1c(Oc2ccccc2)c[c-]c(-c2ccccn2)c1Oc1ccccc1.[Os+].[Os+].[Os+].[Os+].[Os+]. The van der Waals surface area contributed by atoms with E-state index in [9.17, 15) is 0 Å². The molecule has 0 aliphatic carbocycles. The van der Waals surface area contributed by atoms with Crippen LogP contribution in [0.4, 0.5) is 0 Å². The smallest absolute Gasteiger partial charge is 0.537 e. The number of para-hydroxylation sites is 2. The summed E-state index contributed by atoms with van der Waals surface area (Å²) in [5.74, 6) is 9.43. The van der Waals surface area contributed by atoms with Crippen LogP contribution in [0.5, 0.6) is 69.0 Å². The maximum Gasteiger partial charge on any atom is 1.00 e. The third-order valence-electron chi connectivity index (χ3n) is 18.6. The average Bonchev–Trinajstić information content (AvgIpc) is 0.725. The van der Waals surface area contributed by atoms with Gasteiger partial charge in [0.1, 0.15) is 11.5 Å². The van der Waals surface area contributed by atoms with Crippen LogP contribution in [0.15, 0.2) is 213 Å². The van der Waals surface area contributed by atoms with Gasteiger partial charge in [-0.3, -0.25) is 0 Å². The molecule has 15 nitrogen and oxygen atoms in total. The molecule has 0 aliphatic heterocycles. The first-order valence-corrected chi connectivity index (χ1v) is 42.9. The summed E-state index contributed by atoms with van der Waals surface area (Å²) in [5, 5.41) is 0. The van der Waals surface area contributed by atoms with E-state index in [0.29, 0.717) is 24.7 Å². The van der Waals surface area contributed by atoms with E-state index in [-0.39, 0.29) is 122 Å². The van der Waals surface area contributed by atoms with Crippen LogP contribution in [0.1, 0.15) is 202 Å². The van der Waals surface area contributed by atoms with E-state index in [1.54, 1.807) is 24.8 Å². The summed E-state index contributed by atoms with van der Waals surface area (Å²) in [7, 11) is 0. The van der Waals surface area contributed by atoms with Crippen LogP contribution in [0.25, 0.3) is 56.3 Å². The molecule has 0 atom stereocenters. The van der Waals surface area contributed by atoms with Gasteiger partial charge in [0.25, 0.3) is 0 Å². The number of hydrogen-bond donors (Lipinski definition) is 0. The minimum absolute atomic E-state index is 0. The monoisotopic (exact) mass is 2590 g/mol. The molecule has 5 radical (unpaired) electrons. The summed E-state index contributed by atoms with van der Waals surface area (Å²) in [5.41, 5.74) is 12.9. The Kier molecular flexibility index (Phi) is 52.8. The van der Waals surface area contributed by atoms with Crippen molar-refractivity contribution in [1.82, 2.24) is 24.9 Å². The minimum atomic E-state index is -0.317. The van der Waals surface area contributed by atoms with E-state index < -0.39 is 0 Å². The van der Waals surface area contributed by atoms with Crippen molar-refractivity contribution in [2.45, 2.75) is 232 Å². The number of benzene rings is 7. The van der Waals surface area contributed by atoms with Crippen molar-refractivity contribution in [3.63, 3.8) is 0 Å². The zero-order chi connectivity index (χ0) is 86.9. The normalized spacial score (nSPS) is 10.5. The molecule has 0 saturated carbocycles. The van der Waals surface area contributed by atoms with E-state index in [0.717, 1.165) is 168 Å². The molecular weight excluding hydrogens is 2450 g/mol. The Hall–Kier alpha value is -8.53. The van der Waals surface area contributed by atoms with Gasteiger partial charge >= 0.3 is 99.0 Å². The average molecular weight is 2580 g/mol. The van der Waals surface area contributed by atoms with Crippen LogP contribution >= 0.6 is 0 Å². The fourth-order valence-corrected chi connectivity index (χ4v) is 12.7. The van der Waals surface area contributed by atoms with Crippen molar-refractivity contribution in [3.8, 4) is 125 Å². The molecular formula is C106H126N5O10Os5. The van der Waals surface area contributed by atoms with Gasteiger partial charge < -0.3 is 72.3 Å². The van der Waals surface area contributed by atoms with Crippen LogP contribution in [0, 0.1) is 65.0 Å². The van der Waals surface area contributed by atoms with E-state index in [2.05, 4.69) is 76.0 Å². The largest absolute Gasteiger partial charge is 1.00 e. The first kappa shape index (κ1) is 112. The zero-order valence-electron chi connectivity index (χ0n) is 76.8. The van der Waals surface area contributed by atoms with Crippen molar-refractivity contribution < 1.29 is 146 Å². The number of rotatable bonds is 35.